The van der Waals surface area contributed by atoms with Gasteiger partial charge in [-0.25, -0.2) is 13.2 Å². The van der Waals surface area contributed by atoms with Gasteiger partial charge in [-0.05, 0) is 35.9 Å². The minimum Gasteiger partial charge on any atom is -0.250 e. The van der Waals surface area contributed by atoms with Crippen LogP contribution in [0.4, 0.5) is 13.2 Å². The van der Waals surface area contributed by atoms with Gasteiger partial charge < -0.3 is 0 Å². The van der Waals surface area contributed by atoms with Gasteiger partial charge in [0.2, 0.25) is 0 Å². The first-order valence-electron chi connectivity index (χ1n) is 7.86. The van der Waals surface area contributed by atoms with Crippen molar-refractivity contribution >= 4 is 11.6 Å². The molecule has 0 fully saturated rings. The third kappa shape index (κ3) is 4.86. The second kappa shape index (κ2) is 9.01. The monoisotopic (exact) mass is 401 g/mol. The van der Waals surface area contributed by atoms with Crippen LogP contribution in [-0.2, 0) is 0 Å². The fourth-order valence-electron chi connectivity index (χ4n) is 2.25. The van der Waals surface area contributed by atoms with Crippen LogP contribution in [0.25, 0.3) is 22.4 Å². The molecular formula is C19H11ClF3N5. The summed E-state index contributed by atoms with van der Waals surface area (Å²) >= 11 is 5.76. The number of halogens is 4. The van der Waals surface area contributed by atoms with Crippen LogP contribution in [0.15, 0.2) is 67.3 Å². The van der Waals surface area contributed by atoms with E-state index in [-0.39, 0.29) is 16.4 Å². The predicted octanol–water partition coefficient (Wildman–Crippen LogP) is 4.75. The lowest BCUT2D eigenvalue weighted by Gasteiger charge is -2.07. The lowest BCUT2D eigenvalue weighted by Crippen LogP contribution is -1.95. The molecule has 0 atom stereocenters. The Morgan fingerprint density at radius 1 is 0.750 bits per heavy atom. The maximum Gasteiger partial charge on any atom is 0.152 e. The smallest absolute Gasteiger partial charge is 0.152 e. The highest BCUT2D eigenvalue weighted by Crippen LogP contribution is 2.29. The molecule has 140 valence electrons. The van der Waals surface area contributed by atoms with Crippen LogP contribution in [0.3, 0.4) is 0 Å². The van der Waals surface area contributed by atoms with E-state index in [1.165, 1.54) is 24.4 Å². The van der Waals surface area contributed by atoms with Crippen LogP contribution in [0.2, 0.25) is 5.15 Å². The third-order valence-corrected chi connectivity index (χ3v) is 3.66. The summed E-state index contributed by atoms with van der Waals surface area (Å²) < 4.78 is 40.7. The van der Waals surface area contributed by atoms with Gasteiger partial charge in [0.15, 0.2) is 11.0 Å². The van der Waals surface area contributed by atoms with Crippen LogP contribution < -0.4 is 0 Å². The maximum atomic E-state index is 14.0. The quantitative estimate of drug-likeness (QED) is 0.485. The third-order valence-electron chi connectivity index (χ3n) is 3.47. The molecule has 4 aromatic rings. The Kier molecular flexibility index (Phi) is 6.23. The molecule has 3 heterocycles. The number of benzene rings is 1. The Labute approximate surface area is 162 Å². The molecule has 4 rings (SSSR count). The zero-order valence-corrected chi connectivity index (χ0v) is 14.9. The van der Waals surface area contributed by atoms with E-state index in [0.717, 1.165) is 6.20 Å². The number of nitrogens with zero attached hydrogens (tertiary/aromatic N) is 5. The minimum absolute atomic E-state index is 0.0806. The summed E-state index contributed by atoms with van der Waals surface area (Å²) in [6.07, 6.45) is 5.55. The molecule has 0 aliphatic carbocycles. The van der Waals surface area contributed by atoms with Crippen LogP contribution in [0.1, 0.15) is 0 Å². The first-order valence-corrected chi connectivity index (χ1v) is 8.23. The van der Waals surface area contributed by atoms with E-state index in [1.54, 1.807) is 18.5 Å². The van der Waals surface area contributed by atoms with Crippen molar-refractivity contribution in [3.63, 3.8) is 0 Å². The zero-order valence-electron chi connectivity index (χ0n) is 14.1. The Hall–Kier alpha value is -3.39. The number of aromatic nitrogens is 5. The molecule has 1 aromatic carbocycles. The average molecular weight is 402 g/mol. The maximum absolute atomic E-state index is 14.0. The summed E-state index contributed by atoms with van der Waals surface area (Å²) in [7, 11) is 0. The topological polar surface area (TPSA) is 64.5 Å². The van der Waals surface area contributed by atoms with Crippen LogP contribution in [0, 0.1) is 17.5 Å². The second-order valence-corrected chi connectivity index (χ2v) is 5.75. The molecule has 0 amide bonds. The highest BCUT2D eigenvalue weighted by Gasteiger charge is 2.14. The molecule has 3 aromatic heterocycles. The number of hydrogen-bond donors (Lipinski definition) is 0. The van der Waals surface area contributed by atoms with Gasteiger partial charge in [-0.1, -0.05) is 17.7 Å². The number of rotatable bonds is 2. The minimum atomic E-state index is -0.943. The lowest BCUT2D eigenvalue weighted by molar-refractivity contribution is 0.573. The Bertz CT molecular complexity index is 1050. The van der Waals surface area contributed by atoms with Gasteiger partial charge in [0.1, 0.15) is 17.3 Å². The van der Waals surface area contributed by atoms with Gasteiger partial charge in [0, 0.05) is 29.6 Å². The van der Waals surface area contributed by atoms with Crippen molar-refractivity contribution in [1.29, 1.82) is 0 Å². The number of pyridine rings is 1. The van der Waals surface area contributed by atoms with Crippen molar-refractivity contribution < 1.29 is 13.2 Å². The summed E-state index contributed by atoms with van der Waals surface area (Å²) in [6, 6.07) is 9.91. The zero-order chi connectivity index (χ0) is 19.9. The highest BCUT2D eigenvalue weighted by atomic mass is 35.5. The molecule has 0 aliphatic heterocycles. The second-order valence-electron chi connectivity index (χ2n) is 5.36. The fourth-order valence-corrected chi connectivity index (χ4v) is 2.41. The predicted molar refractivity (Wildman–Crippen MR) is 97.6 cm³/mol. The normalized spacial score (nSPS) is 10.1. The van der Waals surface area contributed by atoms with Crippen LogP contribution >= 0.6 is 11.6 Å². The van der Waals surface area contributed by atoms with Gasteiger partial charge >= 0.3 is 0 Å². The molecule has 28 heavy (non-hydrogen) atoms. The Morgan fingerprint density at radius 3 is 2.11 bits per heavy atom. The number of hydrogen-bond acceptors (Lipinski definition) is 5. The SMILES string of the molecule is Fc1cnc(-c2cc(-c3cnnc(Cl)c3)ccc2F)c(F)c1.c1ccnnc1. The molecule has 0 saturated heterocycles. The summed E-state index contributed by atoms with van der Waals surface area (Å²) in [5.74, 6) is -2.44. The average Bonchev–Trinajstić information content (AvgIpc) is 2.71. The van der Waals surface area contributed by atoms with Crippen LogP contribution in [0.5, 0.6) is 0 Å². The first kappa shape index (κ1) is 19.4. The van der Waals surface area contributed by atoms with Crippen molar-refractivity contribution in [2.45, 2.75) is 0 Å². The molecule has 0 N–H and O–H groups in total. The van der Waals surface area contributed by atoms with Gasteiger partial charge in [0.25, 0.3) is 0 Å². The molecule has 9 heteroatoms. The summed E-state index contributed by atoms with van der Waals surface area (Å²) in [5.41, 5.74) is 0.791. The molecular weight excluding hydrogens is 391 g/mol. The molecule has 0 radical (unpaired) electrons. The Morgan fingerprint density at radius 2 is 1.50 bits per heavy atom. The molecule has 0 unspecified atom stereocenters. The fraction of sp³-hybridized carbons (Fsp3) is 0. The molecule has 0 aliphatic rings. The van der Waals surface area contributed by atoms with E-state index >= 15 is 0 Å². The van der Waals surface area contributed by atoms with Crippen molar-refractivity contribution in [1.82, 2.24) is 25.4 Å². The van der Waals surface area contributed by atoms with E-state index in [1.807, 2.05) is 12.1 Å². The molecule has 0 bridgehead atoms. The van der Waals surface area contributed by atoms with Crippen molar-refractivity contribution in [2.75, 3.05) is 0 Å². The summed E-state index contributed by atoms with van der Waals surface area (Å²) in [5, 5.41) is 14.6. The largest absolute Gasteiger partial charge is 0.250 e. The lowest BCUT2D eigenvalue weighted by atomic mass is 10.0. The molecule has 5 nitrogen and oxygen atoms in total. The first-order chi connectivity index (χ1) is 13.5. The molecule has 0 spiro atoms. The van der Waals surface area contributed by atoms with E-state index in [0.29, 0.717) is 17.2 Å². The van der Waals surface area contributed by atoms with Crippen molar-refractivity contribution in [3.8, 4) is 22.4 Å². The molecule has 0 saturated carbocycles. The van der Waals surface area contributed by atoms with Gasteiger partial charge in [-0.15, -0.1) is 5.10 Å². The van der Waals surface area contributed by atoms with E-state index in [4.69, 9.17) is 11.6 Å². The van der Waals surface area contributed by atoms with Gasteiger partial charge in [-0.2, -0.15) is 15.3 Å². The van der Waals surface area contributed by atoms with Gasteiger partial charge in [0.05, 0.1) is 12.4 Å². The van der Waals surface area contributed by atoms with E-state index in [2.05, 4.69) is 25.4 Å². The Balaban J connectivity index is 0.000000320. The van der Waals surface area contributed by atoms with Crippen LogP contribution in [-0.4, -0.2) is 25.4 Å². The van der Waals surface area contributed by atoms with E-state index < -0.39 is 17.5 Å². The summed E-state index contributed by atoms with van der Waals surface area (Å²) in [6.45, 7) is 0. The standard InChI is InChI=1S/C15H7ClF3N3.C4H4N2/c16-14-4-9(6-21-22-14)8-1-2-12(18)11(3-8)15-13(19)5-10(17)7-20-15;1-2-4-6-5-3-1/h1-7H;1-4H. The van der Waals surface area contributed by atoms with Crippen molar-refractivity contribution in [3.05, 3.63) is 89.9 Å². The summed E-state index contributed by atoms with van der Waals surface area (Å²) in [4.78, 5) is 3.62. The van der Waals surface area contributed by atoms with Crippen molar-refractivity contribution in [2.24, 2.45) is 0 Å². The van der Waals surface area contributed by atoms with Gasteiger partial charge in [-0.3, -0.25) is 4.98 Å². The highest BCUT2D eigenvalue weighted by molar-refractivity contribution is 6.29. The van der Waals surface area contributed by atoms with E-state index in [9.17, 15) is 13.2 Å².